The number of nitrogens with two attached hydrogens (primary N) is 1. The van der Waals surface area contributed by atoms with Crippen molar-refractivity contribution in [3.63, 3.8) is 0 Å². The Hall–Kier alpha value is -0.0800. The molecule has 0 aromatic rings. The van der Waals surface area contributed by atoms with Gasteiger partial charge in [-0.1, -0.05) is 34.1 Å². The molecule has 0 unspecified atom stereocenters. The van der Waals surface area contributed by atoms with Crippen LogP contribution in [0.3, 0.4) is 0 Å². The van der Waals surface area contributed by atoms with Gasteiger partial charge in [0.2, 0.25) is 0 Å². The lowest BCUT2D eigenvalue weighted by atomic mass is 9.65. The lowest BCUT2D eigenvalue weighted by Gasteiger charge is -2.50. The Bertz CT molecular complexity index is 299. The summed E-state index contributed by atoms with van der Waals surface area (Å²) in [6, 6.07) is 0. The second kappa shape index (κ2) is 6.36. The van der Waals surface area contributed by atoms with E-state index in [1.54, 1.807) is 0 Å². The van der Waals surface area contributed by atoms with Crippen molar-refractivity contribution < 1.29 is 0 Å². The van der Waals surface area contributed by atoms with Gasteiger partial charge in [-0.2, -0.15) is 0 Å². The fraction of sp³-hybridized carbons (Fsp3) is 1.00. The van der Waals surface area contributed by atoms with Crippen molar-refractivity contribution in [2.24, 2.45) is 23.0 Å². The standard InChI is InChI=1S/C18H36N2/c1-5-17(3,4)16-9-11-18(14-19,12-10-16)20(6-2)13-15-7-8-15/h15-16H,5-14,19H2,1-4H3. The summed E-state index contributed by atoms with van der Waals surface area (Å²) in [5, 5.41) is 0. The third-order valence-electron chi connectivity index (χ3n) is 6.54. The van der Waals surface area contributed by atoms with Gasteiger partial charge in [0.25, 0.3) is 0 Å². The van der Waals surface area contributed by atoms with Crippen LogP contribution in [0.5, 0.6) is 0 Å². The largest absolute Gasteiger partial charge is 0.329 e. The maximum atomic E-state index is 6.26. The van der Waals surface area contributed by atoms with Gasteiger partial charge in [0.1, 0.15) is 0 Å². The Morgan fingerprint density at radius 2 is 1.70 bits per heavy atom. The van der Waals surface area contributed by atoms with Crippen LogP contribution in [-0.4, -0.2) is 30.1 Å². The molecule has 0 radical (unpaired) electrons. The highest BCUT2D eigenvalue weighted by Crippen LogP contribution is 2.45. The summed E-state index contributed by atoms with van der Waals surface area (Å²) in [6.07, 6.45) is 9.58. The van der Waals surface area contributed by atoms with E-state index in [9.17, 15) is 0 Å². The van der Waals surface area contributed by atoms with E-state index in [0.717, 1.165) is 18.4 Å². The van der Waals surface area contributed by atoms with Gasteiger partial charge in [0.15, 0.2) is 0 Å². The highest BCUT2D eigenvalue weighted by molar-refractivity contribution is 4.99. The van der Waals surface area contributed by atoms with Gasteiger partial charge in [-0.3, -0.25) is 4.90 Å². The molecule has 0 aromatic carbocycles. The van der Waals surface area contributed by atoms with Crippen LogP contribution in [0.2, 0.25) is 0 Å². The van der Waals surface area contributed by atoms with Crippen LogP contribution < -0.4 is 5.73 Å². The Morgan fingerprint density at radius 3 is 2.10 bits per heavy atom. The van der Waals surface area contributed by atoms with Crippen LogP contribution in [0.4, 0.5) is 0 Å². The zero-order chi connectivity index (χ0) is 14.8. The van der Waals surface area contributed by atoms with Crippen LogP contribution in [-0.2, 0) is 0 Å². The van der Waals surface area contributed by atoms with Crippen molar-refractivity contribution >= 4 is 0 Å². The van der Waals surface area contributed by atoms with Gasteiger partial charge >= 0.3 is 0 Å². The van der Waals surface area contributed by atoms with E-state index in [0.29, 0.717) is 11.0 Å². The Labute approximate surface area is 126 Å². The molecule has 2 aliphatic carbocycles. The Balaban J connectivity index is 1.99. The predicted octanol–water partition coefficient (Wildman–Crippen LogP) is 4.04. The third-order valence-corrected chi connectivity index (χ3v) is 6.54. The molecule has 2 N–H and O–H groups in total. The topological polar surface area (TPSA) is 29.3 Å². The van der Waals surface area contributed by atoms with Crippen molar-refractivity contribution in [2.75, 3.05) is 19.6 Å². The number of rotatable bonds is 7. The van der Waals surface area contributed by atoms with Crippen molar-refractivity contribution in [1.29, 1.82) is 0 Å². The smallest absolute Gasteiger partial charge is 0.0331 e. The molecular weight excluding hydrogens is 244 g/mol. The first-order valence-corrected chi connectivity index (χ1v) is 8.92. The number of nitrogens with zero attached hydrogens (tertiary/aromatic N) is 1. The maximum absolute atomic E-state index is 6.26. The van der Waals surface area contributed by atoms with Crippen molar-refractivity contribution in [3.8, 4) is 0 Å². The molecule has 2 heteroatoms. The molecule has 0 aliphatic heterocycles. The highest BCUT2D eigenvalue weighted by Gasteiger charge is 2.43. The number of hydrogen-bond donors (Lipinski definition) is 1. The first-order chi connectivity index (χ1) is 9.47. The van der Waals surface area contributed by atoms with Gasteiger partial charge in [-0.05, 0) is 62.3 Å². The van der Waals surface area contributed by atoms with E-state index >= 15 is 0 Å². The Morgan fingerprint density at radius 1 is 1.10 bits per heavy atom. The van der Waals surface area contributed by atoms with Crippen molar-refractivity contribution in [3.05, 3.63) is 0 Å². The van der Waals surface area contributed by atoms with E-state index < -0.39 is 0 Å². The highest BCUT2D eigenvalue weighted by atomic mass is 15.2. The molecule has 0 amide bonds. The van der Waals surface area contributed by atoms with Crippen molar-refractivity contribution in [1.82, 2.24) is 4.90 Å². The minimum Gasteiger partial charge on any atom is -0.329 e. The second-order valence-corrected chi connectivity index (χ2v) is 8.03. The summed E-state index contributed by atoms with van der Waals surface area (Å²) in [5.74, 6) is 1.87. The molecule has 118 valence electrons. The molecule has 0 spiro atoms. The SMILES string of the molecule is CCN(CC1CC1)C1(CN)CCC(C(C)(C)CC)CC1. The average Bonchev–Trinajstić information content (AvgIpc) is 3.28. The van der Waals surface area contributed by atoms with Gasteiger partial charge in [0.05, 0.1) is 0 Å². The summed E-state index contributed by atoms with van der Waals surface area (Å²) in [4.78, 5) is 2.74. The lowest BCUT2D eigenvalue weighted by Crippen LogP contribution is -2.57. The molecule has 2 nitrogen and oxygen atoms in total. The van der Waals surface area contributed by atoms with E-state index in [2.05, 4.69) is 32.6 Å². The molecule has 0 aromatic heterocycles. The van der Waals surface area contributed by atoms with E-state index in [1.807, 2.05) is 0 Å². The zero-order valence-corrected chi connectivity index (χ0v) is 14.3. The Kier molecular flexibility index (Phi) is 5.18. The molecular formula is C18H36N2. The van der Waals surface area contributed by atoms with Crippen LogP contribution in [0.25, 0.3) is 0 Å². The molecule has 2 fully saturated rings. The summed E-state index contributed by atoms with van der Waals surface area (Å²) in [5.41, 5.74) is 7.08. The summed E-state index contributed by atoms with van der Waals surface area (Å²) in [6.45, 7) is 12.9. The van der Waals surface area contributed by atoms with Gasteiger partial charge in [-0.25, -0.2) is 0 Å². The molecule has 2 saturated carbocycles. The molecule has 2 aliphatic rings. The fourth-order valence-electron chi connectivity index (χ4n) is 4.15. The average molecular weight is 280 g/mol. The fourth-order valence-corrected chi connectivity index (χ4v) is 4.15. The molecule has 0 atom stereocenters. The lowest BCUT2D eigenvalue weighted by molar-refractivity contribution is 0.0167. The van der Waals surface area contributed by atoms with E-state index in [-0.39, 0.29) is 0 Å². The predicted molar refractivity (Wildman–Crippen MR) is 87.8 cm³/mol. The van der Waals surface area contributed by atoms with Crippen LogP contribution in [0.1, 0.15) is 72.6 Å². The quantitative estimate of drug-likeness (QED) is 0.762. The summed E-state index contributed by atoms with van der Waals surface area (Å²) < 4.78 is 0. The number of hydrogen-bond acceptors (Lipinski definition) is 2. The van der Waals surface area contributed by atoms with Crippen LogP contribution in [0, 0.1) is 17.3 Å². The zero-order valence-electron chi connectivity index (χ0n) is 14.3. The van der Waals surface area contributed by atoms with Gasteiger partial charge in [0, 0.05) is 18.6 Å². The number of likely N-dealkylation sites (N-methyl/N-ethyl adjacent to an activating group) is 1. The molecule has 20 heavy (non-hydrogen) atoms. The van der Waals surface area contributed by atoms with Crippen molar-refractivity contribution in [2.45, 2.75) is 78.2 Å². The van der Waals surface area contributed by atoms with Gasteiger partial charge in [-0.15, -0.1) is 0 Å². The minimum absolute atomic E-state index is 0.317. The molecule has 0 saturated heterocycles. The monoisotopic (exact) mass is 280 g/mol. The van der Waals surface area contributed by atoms with Gasteiger partial charge < -0.3 is 5.73 Å². The van der Waals surface area contributed by atoms with E-state index in [1.165, 1.54) is 58.0 Å². The summed E-state index contributed by atoms with van der Waals surface area (Å²) in [7, 11) is 0. The minimum atomic E-state index is 0.317. The first-order valence-electron chi connectivity index (χ1n) is 8.92. The van der Waals surface area contributed by atoms with Crippen LogP contribution >= 0.6 is 0 Å². The molecule has 0 bridgehead atoms. The van der Waals surface area contributed by atoms with Crippen LogP contribution in [0.15, 0.2) is 0 Å². The first kappa shape index (κ1) is 16.3. The molecule has 2 rings (SSSR count). The maximum Gasteiger partial charge on any atom is 0.0331 e. The summed E-state index contributed by atoms with van der Waals surface area (Å²) >= 11 is 0. The third kappa shape index (κ3) is 3.39. The second-order valence-electron chi connectivity index (χ2n) is 8.03. The normalized spacial score (nSPS) is 31.8. The molecule has 0 heterocycles. The van der Waals surface area contributed by atoms with E-state index in [4.69, 9.17) is 5.73 Å².